The van der Waals surface area contributed by atoms with Crippen molar-refractivity contribution in [2.45, 2.75) is 51.6 Å². The number of imide groups is 1. The molecule has 28 heavy (non-hydrogen) atoms. The highest BCUT2D eigenvalue weighted by Crippen LogP contribution is 2.38. The summed E-state index contributed by atoms with van der Waals surface area (Å²) in [5.74, 6) is -1.03. The van der Waals surface area contributed by atoms with Crippen LogP contribution >= 0.6 is 0 Å². The van der Waals surface area contributed by atoms with Gasteiger partial charge in [0, 0.05) is 24.9 Å². The fourth-order valence-corrected chi connectivity index (χ4v) is 3.33. The monoisotopic (exact) mass is 398 g/mol. The minimum Gasteiger partial charge on any atom is -0.493 e. The highest BCUT2D eigenvalue weighted by molar-refractivity contribution is 5.97. The number of likely N-dealkylation sites (tertiary alicyclic amines) is 1. The summed E-state index contributed by atoms with van der Waals surface area (Å²) in [5.41, 5.74) is 0.706. The zero-order valence-electron chi connectivity index (χ0n) is 15.5. The van der Waals surface area contributed by atoms with Crippen molar-refractivity contribution >= 4 is 22.7 Å². The largest absolute Gasteiger partial charge is 0.493 e. The third-order valence-electron chi connectivity index (χ3n) is 4.64. The number of hydrogen-bond donors (Lipinski definition) is 0. The maximum Gasteiger partial charge on any atom is 0.453 e. The van der Waals surface area contributed by atoms with E-state index in [2.05, 4.69) is 9.68 Å². The summed E-state index contributed by atoms with van der Waals surface area (Å²) in [5, 5.41) is 3.52. The lowest BCUT2D eigenvalue weighted by Crippen LogP contribution is -2.41. The van der Waals surface area contributed by atoms with Crippen LogP contribution in [0.25, 0.3) is 10.9 Å². The van der Waals surface area contributed by atoms with E-state index in [1.165, 1.54) is 17.0 Å². The summed E-state index contributed by atoms with van der Waals surface area (Å²) in [6.07, 6.45) is -1.67. The van der Waals surface area contributed by atoms with Crippen molar-refractivity contribution in [2.24, 2.45) is 0 Å². The minimum atomic E-state index is -4.62. The second kappa shape index (κ2) is 8.20. The van der Waals surface area contributed by atoms with Gasteiger partial charge >= 0.3 is 6.18 Å². The SMILES string of the molecule is CCCc1c(OCCCN2C(=O)CCCC2=O)ccc2c(C(F)(F)F)onc12. The molecule has 0 bridgehead atoms. The smallest absolute Gasteiger partial charge is 0.453 e. The number of aromatic nitrogens is 1. The predicted molar refractivity (Wildman–Crippen MR) is 93.7 cm³/mol. The molecule has 0 N–H and O–H groups in total. The molecule has 0 atom stereocenters. The van der Waals surface area contributed by atoms with E-state index in [0.29, 0.717) is 49.8 Å². The number of ether oxygens (including phenoxy) is 1. The molecule has 1 aromatic carbocycles. The second-order valence-electron chi connectivity index (χ2n) is 6.69. The van der Waals surface area contributed by atoms with E-state index in [1.807, 2.05) is 6.92 Å². The van der Waals surface area contributed by atoms with Crippen molar-refractivity contribution in [2.75, 3.05) is 13.2 Å². The molecule has 3 rings (SSSR count). The Morgan fingerprint density at radius 3 is 2.57 bits per heavy atom. The Hall–Kier alpha value is -2.58. The van der Waals surface area contributed by atoms with E-state index in [9.17, 15) is 22.8 Å². The standard InChI is InChI=1S/C19H21F3N2O4/c1-2-5-12-14(9-8-13-17(12)23-28-18(13)19(20,21)22)27-11-4-10-24-15(25)6-3-7-16(24)26/h8-9H,2-7,10-11H2,1H3. The van der Waals surface area contributed by atoms with Crippen LogP contribution in [0, 0.1) is 0 Å². The van der Waals surface area contributed by atoms with Crippen LogP contribution in [0.15, 0.2) is 16.7 Å². The molecule has 0 aliphatic carbocycles. The molecule has 6 nitrogen and oxygen atoms in total. The molecule has 1 fully saturated rings. The maximum atomic E-state index is 13.0. The Morgan fingerprint density at radius 1 is 1.21 bits per heavy atom. The van der Waals surface area contributed by atoms with Crippen LogP contribution in [0.5, 0.6) is 5.75 Å². The summed E-state index contributed by atoms with van der Waals surface area (Å²) in [6, 6.07) is 2.78. The van der Waals surface area contributed by atoms with E-state index in [1.54, 1.807) is 0 Å². The summed E-state index contributed by atoms with van der Waals surface area (Å²) in [4.78, 5) is 24.8. The van der Waals surface area contributed by atoms with Crippen molar-refractivity contribution in [3.8, 4) is 5.75 Å². The number of hydrogen-bond acceptors (Lipinski definition) is 5. The van der Waals surface area contributed by atoms with Gasteiger partial charge in [-0.1, -0.05) is 18.5 Å². The molecule has 2 aromatic rings. The third-order valence-corrected chi connectivity index (χ3v) is 4.64. The zero-order chi connectivity index (χ0) is 20.3. The van der Waals surface area contributed by atoms with Crippen molar-refractivity contribution in [3.63, 3.8) is 0 Å². The lowest BCUT2D eigenvalue weighted by molar-refractivity contribution is -0.154. The van der Waals surface area contributed by atoms with Gasteiger partial charge in [0.15, 0.2) is 0 Å². The van der Waals surface area contributed by atoms with Gasteiger partial charge in [0.2, 0.25) is 17.6 Å². The number of halogens is 3. The van der Waals surface area contributed by atoms with Crippen LogP contribution in [0.3, 0.4) is 0 Å². The molecule has 2 amide bonds. The average Bonchev–Trinajstić information content (AvgIpc) is 3.07. The normalized spacial score (nSPS) is 15.5. The first-order valence-electron chi connectivity index (χ1n) is 9.27. The Morgan fingerprint density at radius 2 is 1.93 bits per heavy atom. The number of rotatable bonds is 7. The number of carbonyl (C=O) groups excluding carboxylic acids is 2. The number of aryl methyl sites for hydroxylation is 1. The first-order chi connectivity index (χ1) is 13.3. The van der Waals surface area contributed by atoms with E-state index < -0.39 is 11.9 Å². The lowest BCUT2D eigenvalue weighted by Gasteiger charge is -2.24. The summed E-state index contributed by atoms with van der Waals surface area (Å²) < 4.78 is 49.4. The highest BCUT2D eigenvalue weighted by Gasteiger charge is 2.38. The van der Waals surface area contributed by atoms with Crippen LogP contribution in [0.4, 0.5) is 13.2 Å². The predicted octanol–water partition coefficient (Wildman–Crippen LogP) is 4.11. The van der Waals surface area contributed by atoms with E-state index >= 15 is 0 Å². The van der Waals surface area contributed by atoms with E-state index in [4.69, 9.17) is 4.74 Å². The fourth-order valence-electron chi connectivity index (χ4n) is 3.33. The molecule has 0 radical (unpaired) electrons. The maximum absolute atomic E-state index is 13.0. The molecule has 2 heterocycles. The Bertz CT molecular complexity index is 860. The number of nitrogens with zero attached hydrogens (tertiary/aromatic N) is 2. The van der Waals surface area contributed by atoms with Crippen molar-refractivity contribution in [1.29, 1.82) is 0 Å². The fraction of sp³-hybridized carbons (Fsp3) is 0.526. The molecule has 0 saturated carbocycles. The van der Waals surface area contributed by atoms with Crippen LogP contribution < -0.4 is 4.74 Å². The molecule has 9 heteroatoms. The highest BCUT2D eigenvalue weighted by atomic mass is 19.4. The molecular formula is C19H21F3N2O4. The third kappa shape index (κ3) is 4.13. The van der Waals surface area contributed by atoms with Crippen molar-refractivity contribution < 1.29 is 32.0 Å². The number of piperidine rings is 1. The Balaban J connectivity index is 1.71. The molecule has 0 unspecified atom stereocenters. The Labute approximate surface area is 159 Å². The second-order valence-corrected chi connectivity index (χ2v) is 6.69. The van der Waals surface area contributed by atoms with Crippen LogP contribution in [-0.4, -0.2) is 35.0 Å². The molecule has 1 aliphatic heterocycles. The van der Waals surface area contributed by atoms with Gasteiger partial charge in [0.25, 0.3) is 0 Å². The van der Waals surface area contributed by atoms with Gasteiger partial charge in [0.05, 0.1) is 12.0 Å². The minimum absolute atomic E-state index is 0.0900. The number of fused-ring (bicyclic) bond motifs is 1. The van der Waals surface area contributed by atoms with Crippen LogP contribution in [0.1, 0.15) is 50.4 Å². The first-order valence-corrected chi connectivity index (χ1v) is 9.27. The summed E-state index contributed by atoms with van der Waals surface area (Å²) >= 11 is 0. The average molecular weight is 398 g/mol. The topological polar surface area (TPSA) is 72.6 Å². The van der Waals surface area contributed by atoms with Gasteiger partial charge < -0.3 is 9.26 Å². The van der Waals surface area contributed by atoms with Gasteiger partial charge in [0.1, 0.15) is 11.3 Å². The molecule has 1 aromatic heterocycles. The van der Waals surface area contributed by atoms with Gasteiger partial charge in [-0.3, -0.25) is 14.5 Å². The quantitative estimate of drug-likeness (QED) is 0.519. The van der Waals surface area contributed by atoms with E-state index in [-0.39, 0.29) is 35.9 Å². The summed E-state index contributed by atoms with van der Waals surface area (Å²) in [7, 11) is 0. The number of alkyl halides is 3. The van der Waals surface area contributed by atoms with Crippen molar-refractivity contribution in [1.82, 2.24) is 10.1 Å². The number of carbonyl (C=O) groups is 2. The Kier molecular flexibility index (Phi) is 5.90. The molecule has 152 valence electrons. The molecule has 1 aliphatic rings. The van der Waals surface area contributed by atoms with Crippen molar-refractivity contribution in [3.05, 3.63) is 23.5 Å². The van der Waals surface area contributed by atoms with Gasteiger partial charge in [-0.25, -0.2) is 0 Å². The van der Waals surface area contributed by atoms with Crippen LogP contribution in [-0.2, 0) is 22.2 Å². The number of benzene rings is 1. The first kappa shape index (κ1) is 20.2. The zero-order valence-corrected chi connectivity index (χ0v) is 15.5. The van der Waals surface area contributed by atoms with Gasteiger partial charge in [-0.2, -0.15) is 13.2 Å². The van der Waals surface area contributed by atoms with Crippen LogP contribution in [0.2, 0.25) is 0 Å². The van der Waals surface area contributed by atoms with Gasteiger partial charge in [-0.05, 0) is 31.4 Å². The molecular weight excluding hydrogens is 377 g/mol. The van der Waals surface area contributed by atoms with E-state index in [0.717, 1.165) is 0 Å². The van der Waals surface area contributed by atoms with Gasteiger partial charge in [-0.15, -0.1) is 0 Å². The number of amides is 2. The lowest BCUT2D eigenvalue weighted by atomic mass is 10.0. The molecule has 1 saturated heterocycles. The summed E-state index contributed by atoms with van der Waals surface area (Å²) in [6.45, 7) is 2.40. The molecule has 0 spiro atoms.